The fourth-order valence-corrected chi connectivity index (χ4v) is 1.77. The zero-order chi connectivity index (χ0) is 21.0. The van der Waals surface area contributed by atoms with Crippen LogP contribution in [0.1, 0.15) is 19.8 Å². The summed E-state index contributed by atoms with van der Waals surface area (Å²) in [5.41, 5.74) is 15.7. The van der Waals surface area contributed by atoms with Crippen molar-refractivity contribution in [2.75, 3.05) is 19.7 Å². The number of carboxylic acids is 1. The molecule has 0 saturated heterocycles. The minimum Gasteiger partial charge on any atom is -0.480 e. The van der Waals surface area contributed by atoms with Gasteiger partial charge in [0.25, 0.3) is 0 Å². The molecule has 27 heavy (non-hydrogen) atoms. The number of aliphatic imine (C=N–C) groups is 1. The number of carboxylic acid groups (broad SMARTS) is 1. The van der Waals surface area contributed by atoms with Crippen molar-refractivity contribution in [3.05, 3.63) is 0 Å². The minimum absolute atomic E-state index is 0.123. The van der Waals surface area contributed by atoms with E-state index in [1.807, 2.05) is 0 Å². The summed E-state index contributed by atoms with van der Waals surface area (Å²) in [6.45, 7) is 0.419. The highest BCUT2D eigenvalue weighted by molar-refractivity contribution is 5.92. The van der Waals surface area contributed by atoms with Crippen molar-refractivity contribution in [2.45, 2.75) is 37.9 Å². The molecule has 154 valence electrons. The summed E-state index contributed by atoms with van der Waals surface area (Å²) in [6, 6.07) is -3.39. The normalized spacial score (nSPS) is 13.6. The summed E-state index contributed by atoms with van der Waals surface area (Å²) in [6.07, 6.45) is 0.463. The highest BCUT2D eigenvalue weighted by Crippen LogP contribution is 2.00. The Morgan fingerprint density at radius 1 is 1.11 bits per heavy atom. The number of carbonyl (C=O) groups excluding carboxylic acids is 3. The number of nitrogens with two attached hydrogens (primary N) is 3. The van der Waals surface area contributed by atoms with Crippen LogP contribution in [0, 0.1) is 0 Å². The second kappa shape index (κ2) is 12.4. The van der Waals surface area contributed by atoms with E-state index in [0.717, 1.165) is 0 Å². The molecule has 0 aromatic rings. The molecule has 3 unspecified atom stereocenters. The number of carbonyl (C=O) groups is 4. The van der Waals surface area contributed by atoms with E-state index in [4.69, 9.17) is 27.4 Å². The molecule has 0 aliphatic carbocycles. The molecule has 0 fully saturated rings. The van der Waals surface area contributed by atoms with E-state index in [1.165, 1.54) is 6.92 Å². The number of nitrogens with one attached hydrogen (secondary N) is 3. The van der Waals surface area contributed by atoms with Crippen LogP contribution in [0.25, 0.3) is 0 Å². The van der Waals surface area contributed by atoms with Crippen LogP contribution in [0.15, 0.2) is 4.99 Å². The predicted molar refractivity (Wildman–Crippen MR) is 95.2 cm³/mol. The van der Waals surface area contributed by atoms with E-state index < -0.39 is 55.0 Å². The molecule has 0 aliphatic heterocycles. The Morgan fingerprint density at radius 2 is 1.74 bits per heavy atom. The van der Waals surface area contributed by atoms with Gasteiger partial charge in [-0.1, -0.05) is 0 Å². The minimum atomic E-state index is -1.24. The fraction of sp³-hybridized carbons (Fsp3) is 0.643. The number of guanidine groups is 1. The third-order valence-electron chi connectivity index (χ3n) is 3.28. The van der Waals surface area contributed by atoms with Crippen LogP contribution in [-0.2, 0) is 19.2 Å². The van der Waals surface area contributed by atoms with E-state index in [-0.39, 0.29) is 18.9 Å². The first-order valence-electron chi connectivity index (χ1n) is 8.10. The van der Waals surface area contributed by atoms with Crippen molar-refractivity contribution >= 4 is 29.7 Å². The first-order chi connectivity index (χ1) is 12.6. The quantitative estimate of drug-likeness (QED) is 0.0911. The summed E-state index contributed by atoms with van der Waals surface area (Å²) < 4.78 is 0. The topological polar surface area (TPSA) is 235 Å². The average molecular weight is 389 g/mol. The number of hydrogen-bond acceptors (Lipinski definition) is 7. The molecule has 13 nitrogen and oxygen atoms in total. The largest absolute Gasteiger partial charge is 0.480 e. The lowest BCUT2D eigenvalue weighted by molar-refractivity contribution is -0.141. The lowest BCUT2D eigenvalue weighted by Gasteiger charge is -2.20. The molecule has 3 amide bonds. The molecular formula is C14H27N7O6. The lowest BCUT2D eigenvalue weighted by Crippen LogP contribution is -2.53. The maximum Gasteiger partial charge on any atom is 0.325 e. The smallest absolute Gasteiger partial charge is 0.325 e. The van der Waals surface area contributed by atoms with E-state index in [2.05, 4.69) is 20.9 Å². The molecular weight excluding hydrogens is 362 g/mol. The number of hydrogen-bond donors (Lipinski definition) is 8. The van der Waals surface area contributed by atoms with Gasteiger partial charge in [-0.15, -0.1) is 0 Å². The first kappa shape index (κ1) is 24.1. The first-order valence-corrected chi connectivity index (χ1v) is 8.10. The van der Waals surface area contributed by atoms with E-state index >= 15 is 0 Å². The van der Waals surface area contributed by atoms with Crippen molar-refractivity contribution in [3.8, 4) is 0 Å². The van der Waals surface area contributed by atoms with E-state index in [1.54, 1.807) is 0 Å². The maximum absolute atomic E-state index is 12.2. The predicted octanol–water partition coefficient (Wildman–Crippen LogP) is -4.45. The molecule has 13 heteroatoms. The molecule has 0 aliphatic rings. The van der Waals surface area contributed by atoms with Crippen LogP contribution in [0.3, 0.4) is 0 Å². The Labute approximate surface area is 155 Å². The second-order valence-corrected chi connectivity index (χ2v) is 5.64. The number of aliphatic hydroxyl groups excluding tert-OH is 1. The lowest BCUT2D eigenvalue weighted by atomic mass is 10.1. The Kier molecular flexibility index (Phi) is 11.1. The summed E-state index contributed by atoms with van der Waals surface area (Å²) >= 11 is 0. The van der Waals surface area contributed by atoms with Crippen molar-refractivity contribution in [2.24, 2.45) is 22.2 Å². The van der Waals surface area contributed by atoms with Crippen LogP contribution in [0.4, 0.5) is 0 Å². The van der Waals surface area contributed by atoms with Gasteiger partial charge >= 0.3 is 5.97 Å². The third kappa shape index (κ3) is 10.6. The van der Waals surface area contributed by atoms with Gasteiger partial charge in [-0.25, -0.2) is 0 Å². The highest BCUT2D eigenvalue weighted by atomic mass is 16.4. The zero-order valence-corrected chi connectivity index (χ0v) is 15.0. The summed E-state index contributed by atoms with van der Waals surface area (Å²) in [7, 11) is 0. The number of aliphatic carboxylic acids is 1. The maximum atomic E-state index is 12.2. The molecule has 0 saturated carbocycles. The van der Waals surface area contributed by atoms with Gasteiger partial charge in [0, 0.05) is 6.54 Å². The number of amides is 3. The third-order valence-corrected chi connectivity index (χ3v) is 3.28. The Morgan fingerprint density at radius 3 is 2.26 bits per heavy atom. The van der Waals surface area contributed by atoms with E-state index in [0.29, 0.717) is 6.42 Å². The number of nitrogens with zero attached hydrogens (tertiary/aromatic N) is 1. The van der Waals surface area contributed by atoms with Crippen LogP contribution >= 0.6 is 0 Å². The van der Waals surface area contributed by atoms with Gasteiger partial charge < -0.3 is 43.4 Å². The van der Waals surface area contributed by atoms with Crippen molar-refractivity contribution in [1.82, 2.24) is 16.0 Å². The Hall–Kier alpha value is -2.93. The summed E-state index contributed by atoms with van der Waals surface area (Å²) in [5.74, 6) is -3.50. The average Bonchev–Trinajstić information content (AvgIpc) is 2.60. The SMILES string of the molecule is CC(NC(=O)C(CCCN=C(N)N)NC(=O)CNC(=O)C(N)CO)C(=O)O. The summed E-state index contributed by atoms with van der Waals surface area (Å²) in [4.78, 5) is 50.2. The molecule has 0 radical (unpaired) electrons. The molecule has 0 rings (SSSR count). The standard InChI is InChI=1S/C14H27N7O6/c1-7(13(26)27)20-12(25)9(3-2-4-18-14(16)17)21-10(23)5-19-11(24)8(15)6-22/h7-9,22H,2-6,15H2,1H3,(H,19,24)(H,20,25)(H,21,23)(H,26,27)(H4,16,17,18). The molecule has 11 N–H and O–H groups in total. The van der Waals surface area contributed by atoms with Gasteiger partial charge in [-0.3, -0.25) is 24.2 Å². The van der Waals surface area contributed by atoms with Gasteiger partial charge in [-0.2, -0.15) is 0 Å². The molecule has 0 aromatic heterocycles. The van der Waals surface area contributed by atoms with E-state index in [9.17, 15) is 19.2 Å². The summed E-state index contributed by atoms with van der Waals surface area (Å²) in [5, 5.41) is 24.5. The monoisotopic (exact) mass is 389 g/mol. The van der Waals surface area contributed by atoms with Gasteiger partial charge in [0.1, 0.15) is 18.1 Å². The molecule has 0 heterocycles. The van der Waals surface area contributed by atoms with Crippen molar-refractivity contribution < 1.29 is 29.4 Å². The van der Waals surface area contributed by atoms with Crippen LogP contribution in [-0.4, -0.2) is 77.7 Å². The number of rotatable bonds is 12. The van der Waals surface area contributed by atoms with Crippen molar-refractivity contribution in [1.29, 1.82) is 0 Å². The zero-order valence-electron chi connectivity index (χ0n) is 15.0. The number of aliphatic hydroxyl groups is 1. The molecule has 3 atom stereocenters. The Balaban J connectivity index is 4.78. The van der Waals surface area contributed by atoms with Gasteiger partial charge in [0.2, 0.25) is 17.7 Å². The fourth-order valence-electron chi connectivity index (χ4n) is 1.77. The highest BCUT2D eigenvalue weighted by Gasteiger charge is 2.24. The van der Waals surface area contributed by atoms with Gasteiger partial charge in [0.15, 0.2) is 5.96 Å². The van der Waals surface area contributed by atoms with Gasteiger partial charge in [0.05, 0.1) is 13.2 Å². The molecule has 0 bridgehead atoms. The van der Waals surface area contributed by atoms with Gasteiger partial charge in [-0.05, 0) is 19.8 Å². The second-order valence-electron chi connectivity index (χ2n) is 5.64. The Bertz CT molecular complexity index is 564. The molecule has 0 aromatic carbocycles. The van der Waals surface area contributed by atoms with Crippen molar-refractivity contribution in [3.63, 3.8) is 0 Å². The van der Waals surface area contributed by atoms with Crippen LogP contribution in [0.5, 0.6) is 0 Å². The molecule has 0 spiro atoms. The van der Waals surface area contributed by atoms with Crippen LogP contribution < -0.4 is 33.2 Å². The van der Waals surface area contributed by atoms with Crippen LogP contribution in [0.2, 0.25) is 0 Å².